The minimum absolute atomic E-state index is 0.0120. The van der Waals surface area contributed by atoms with Crippen LogP contribution in [-0.2, 0) is 6.54 Å². The number of para-hydroxylation sites is 2. The second kappa shape index (κ2) is 7.17. The summed E-state index contributed by atoms with van der Waals surface area (Å²) in [6, 6.07) is 19.9. The second-order valence-corrected chi connectivity index (χ2v) is 7.68. The number of benzene rings is 2. The van der Waals surface area contributed by atoms with Crippen LogP contribution in [0.1, 0.15) is 40.4 Å². The maximum Gasteiger partial charge on any atom is 0.254 e. The fourth-order valence-electron chi connectivity index (χ4n) is 3.68. The van der Waals surface area contributed by atoms with Crippen molar-refractivity contribution in [1.29, 1.82) is 0 Å². The van der Waals surface area contributed by atoms with Crippen molar-refractivity contribution in [3.8, 4) is 5.69 Å². The van der Waals surface area contributed by atoms with Crippen molar-refractivity contribution in [2.24, 2.45) is 0 Å². The third-order valence-corrected chi connectivity index (χ3v) is 5.39. The lowest BCUT2D eigenvalue weighted by molar-refractivity contribution is 0.0787. The van der Waals surface area contributed by atoms with Crippen molar-refractivity contribution < 1.29 is 4.79 Å². The molecule has 1 fully saturated rings. The molecule has 0 N–H and O–H groups in total. The number of hydrogen-bond donors (Lipinski definition) is 0. The van der Waals surface area contributed by atoms with Crippen LogP contribution < -0.4 is 0 Å². The molecule has 2 aromatic heterocycles. The highest BCUT2D eigenvalue weighted by Crippen LogP contribution is 2.40. The summed E-state index contributed by atoms with van der Waals surface area (Å²) in [7, 11) is 1.84. The lowest BCUT2D eigenvalue weighted by Gasteiger charge is -2.18. The molecule has 0 spiro atoms. The molecule has 2 aromatic carbocycles. The van der Waals surface area contributed by atoms with Crippen LogP contribution in [0.2, 0.25) is 0 Å². The zero-order valence-corrected chi connectivity index (χ0v) is 16.3. The van der Waals surface area contributed by atoms with Gasteiger partial charge in [0.25, 0.3) is 5.91 Å². The van der Waals surface area contributed by atoms with E-state index in [1.807, 2.05) is 84.8 Å². The van der Waals surface area contributed by atoms with Crippen molar-refractivity contribution in [2.75, 3.05) is 7.05 Å². The first-order chi connectivity index (χ1) is 14.2. The fraction of sp³-hybridized carbons (Fsp3) is 0.208. The predicted octanol–water partition coefficient (Wildman–Crippen LogP) is 4.57. The molecule has 29 heavy (non-hydrogen) atoms. The molecular formula is C24H22N4O. The van der Waals surface area contributed by atoms with Gasteiger partial charge < -0.3 is 4.90 Å². The van der Waals surface area contributed by atoms with Gasteiger partial charge in [-0.05, 0) is 37.1 Å². The summed E-state index contributed by atoms with van der Waals surface area (Å²) in [5, 5.41) is 5.35. The van der Waals surface area contributed by atoms with Crippen molar-refractivity contribution >= 4 is 16.8 Å². The van der Waals surface area contributed by atoms with Crippen LogP contribution in [0.25, 0.3) is 16.6 Å². The Hall–Kier alpha value is -3.47. The maximum absolute atomic E-state index is 13.3. The molecule has 5 heteroatoms. The van der Waals surface area contributed by atoms with Gasteiger partial charge in [-0.3, -0.25) is 9.78 Å². The lowest BCUT2D eigenvalue weighted by Crippen LogP contribution is -2.26. The van der Waals surface area contributed by atoms with Gasteiger partial charge in [-0.2, -0.15) is 5.10 Å². The first-order valence-corrected chi connectivity index (χ1v) is 9.93. The van der Waals surface area contributed by atoms with Gasteiger partial charge in [-0.25, -0.2) is 4.68 Å². The van der Waals surface area contributed by atoms with Gasteiger partial charge in [0.15, 0.2) is 0 Å². The number of amides is 1. The molecule has 0 bridgehead atoms. The molecule has 1 aliphatic rings. The maximum atomic E-state index is 13.3. The lowest BCUT2D eigenvalue weighted by atomic mass is 10.0. The Labute approximate surface area is 169 Å². The van der Waals surface area contributed by atoms with Gasteiger partial charge in [0.2, 0.25) is 0 Å². The van der Waals surface area contributed by atoms with Crippen LogP contribution in [0.15, 0.2) is 73.1 Å². The van der Waals surface area contributed by atoms with E-state index in [1.54, 1.807) is 4.90 Å². The zero-order valence-electron chi connectivity index (χ0n) is 16.3. The van der Waals surface area contributed by atoms with Crippen LogP contribution >= 0.6 is 0 Å². The molecule has 1 amide bonds. The van der Waals surface area contributed by atoms with E-state index >= 15 is 0 Å². The highest BCUT2D eigenvalue weighted by Gasteiger charge is 2.27. The van der Waals surface area contributed by atoms with Crippen LogP contribution in [0.3, 0.4) is 0 Å². The van der Waals surface area contributed by atoms with Gasteiger partial charge in [0.05, 0.1) is 23.0 Å². The minimum Gasteiger partial charge on any atom is -0.337 e. The standard InChI is InChI=1S/C24H22N4O/c1-27(15-17-14-25-28(16-17)19-7-3-2-4-8-19)24(29)21-13-23(18-11-12-18)26-22-10-6-5-9-20(21)22/h2-10,13-14,16,18H,11-12,15H2,1H3. The van der Waals surface area contributed by atoms with Gasteiger partial charge in [0, 0.05) is 42.4 Å². The molecule has 2 heterocycles. The van der Waals surface area contributed by atoms with E-state index in [1.165, 1.54) is 0 Å². The Kier molecular flexibility index (Phi) is 4.35. The number of pyridine rings is 1. The number of nitrogens with zero attached hydrogens (tertiary/aromatic N) is 4. The van der Waals surface area contributed by atoms with Crippen molar-refractivity contribution in [3.63, 3.8) is 0 Å². The van der Waals surface area contributed by atoms with E-state index in [0.717, 1.165) is 46.3 Å². The molecule has 0 unspecified atom stereocenters. The largest absolute Gasteiger partial charge is 0.337 e. The summed E-state index contributed by atoms with van der Waals surface area (Å²) >= 11 is 0. The summed E-state index contributed by atoms with van der Waals surface area (Å²) in [5.41, 5.74) is 4.66. The molecule has 0 atom stereocenters. The Morgan fingerprint density at radius 2 is 1.86 bits per heavy atom. The van der Waals surface area contributed by atoms with E-state index < -0.39 is 0 Å². The highest BCUT2D eigenvalue weighted by molar-refractivity contribution is 6.06. The third-order valence-electron chi connectivity index (χ3n) is 5.39. The molecule has 5 rings (SSSR count). The minimum atomic E-state index is 0.0120. The van der Waals surface area contributed by atoms with Crippen LogP contribution in [-0.4, -0.2) is 32.6 Å². The number of carbonyl (C=O) groups is 1. The SMILES string of the molecule is CN(Cc1cnn(-c2ccccc2)c1)C(=O)c1cc(C2CC2)nc2ccccc12. The average Bonchev–Trinajstić information content (AvgIpc) is 3.52. The normalized spacial score (nSPS) is 13.6. The number of fused-ring (bicyclic) bond motifs is 1. The molecule has 4 aromatic rings. The van der Waals surface area contributed by atoms with E-state index in [0.29, 0.717) is 12.5 Å². The average molecular weight is 382 g/mol. The van der Waals surface area contributed by atoms with Gasteiger partial charge in [-0.15, -0.1) is 0 Å². The van der Waals surface area contributed by atoms with Crippen LogP contribution in [0, 0.1) is 0 Å². The number of carbonyl (C=O) groups excluding carboxylic acids is 1. The molecule has 0 aliphatic heterocycles. The highest BCUT2D eigenvalue weighted by atomic mass is 16.2. The number of hydrogen-bond acceptors (Lipinski definition) is 3. The summed E-state index contributed by atoms with van der Waals surface area (Å²) < 4.78 is 1.83. The Morgan fingerprint density at radius 3 is 2.66 bits per heavy atom. The Bertz CT molecular complexity index is 1180. The van der Waals surface area contributed by atoms with E-state index in [-0.39, 0.29) is 5.91 Å². The summed E-state index contributed by atoms with van der Waals surface area (Å²) in [5.74, 6) is 0.513. The van der Waals surface area contributed by atoms with Crippen molar-refractivity contribution in [3.05, 3.63) is 89.9 Å². The first-order valence-electron chi connectivity index (χ1n) is 9.93. The summed E-state index contributed by atoms with van der Waals surface area (Å²) in [6.45, 7) is 0.501. The monoisotopic (exact) mass is 382 g/mol. The summed E-state index contributed by atoms with van der Waals surface area (Å²) in [4.78, 5) is 19.8. The molecular weight excluding hydrogens is 360 g/mol. The van der Waals surface area contributed by atoms with Gasteiger partial charge >= 0.3 is 0 Å². The first kappa shape index (κ1) is 17.6. The number of rotatable bonds is 5. The van der Waals surface area contributed by atoms with Crippen molar-refractivity contribution in [1.82, 2.24) is 19.7 Å². The fourth-order valence-corrected chi connectivity index (χ4v) is 3.68. The van der Waals surface area contributed by atoms with E-state index in [2.05, 4.69) is 5.10 Å². The molecule has 0 saturated heterocycles. The Balaban J connectivity index is 1.42. The second-order valence-electron chi connectivity index (χ2n) is 7.68. The van der Waals surface area contributed by atoms with Gasteiger partial charge in [0.1, 0.15) is 0 Å². The molecule has 0 radical (unpaired) electrons. The molecule has 5 nitrogen and oxygen atoms in total. The Morgan fingerprint density at radius 1 is 1.10 bits per heavy atom. The van der Waals surface area contributed by atoms with E-state index in [4.69, 9.17) is 4.98 Å². The van der Waals surface area contributed by atoms with Gasteiger partial charge in [-0.1, -0.05) is 36.4 Å². The predicted molar refractivity (Wildman–Crippen MR) is 113 cm³/mol. The summed E-state index contributed by atoms with van der Waals surface area (Å²) in [6.07, 6.45) is 6.11. The smallest absolute Gasteiger partial charge is 0.254 e. The quantitative estimate of drug-likeness (QED) is 0.508. The third kappa shape index (κ3) is 3.51. The van der Waals surface area contributed by atoms with Crippen LogP contribution in [0.4, 0.5) is 0 Å². The zero-order chi connectivity index (χ0) is 19.8. The van der Waals surface area contributed by atoms with E-state index in [9.17, 15) is 4.79 Å². The number of aromatic nitrogens is 3. The molecule has 144 valence electrons. The molecule has 1 aliphatic carbocycles. The van der Waals surface area contributed by atoms with Crippen LogP contribution in [0.5, 0.6) is 0 Å². The van der Waals surface area contributed by atoms with Crippen molar-refractivity contribution in [2.45, 2.75) is 25.3 Å². The topological polar surface area (TPSA) is 51.0 Å². The molecule has 1 saturated carbocycles.